The van der Waals surface area contributed by atoms with E-state index >= 15 is 0 Å². The molecule has 1 heterocycles. The molecule has 0 aliphatic heterocycles. The summed E-state index contributed by atoms with van der Waals surface area (Å²) in [5.41, 5.74) is 2.66. The number of sulfonamides is 1. The first-order valence-corrected chi connectivity index (χ1v) is 9.67. The van der Waals surface area contributed by atoms with Crippen LogP contribution in [-0.2, 0) is 10.0 Å². The topological polar surface area (TPSA) is 65.1 Å². The molecule has 0 bridgehead atoms. The van der Waals surface area contributed by atoms with Crippen molar-refractivity contribution in [1.29, 1.82) is 0 Å². The highest BCUT2D eigenvalue weighted by atomic mass is 35.5. The summed E-state index contributed by atoms with van der Waals surface area (Å²) in [5, 5.41) is 7.74. The first-order valence-electron chi connectivity index (χ1n) is 6.46. The predicted octanol–water partition coefficient (Wildman–Crippen LogP) is 4.24. The molecule has 23 heavy (non-hydrogen) atoms. The maximum atomic E-state index is 11.4. The zero-order valence-corrected chi connectivity index (χ0v) is 14.8. The molecule has 0 atom stereocenters. The Morgan fingerprint density at radius 1 is 1.04 bits per heavy atom. The summed E-state index contributed by atoms with van der Waals surface area (Å²) < 4.78 is 25.3. The summed E-state index contributed by atoms with van der Waals surface area (Å²) in [6.07, 6.45) is 0. The van der Waals surface area contributed by atoms with Gasteiger partial charge in [0.2, 0.25) is 10.0 Å². The fourth-order valence-electron chi connectivity index (χ4n) is 2.16. The van der Waals surface area contributed by atoms with Gasteiger partial charge in [0.15, 0.2) is 3.95 Å². The van der Waals surface area contributed by atoms with Crippen LogP contribution in [0.3, 0.4) is 0 Å². The van der Waals surface area contributed by atoms with Crippen LogP contribution in [0.25, 0.3) is 16.9 Å². The van der Waals surface area contributed by atoms with Crippen molar-refractivity contribution in [1.82, 2.24) is 4.57 Å². The zero-order valence-electron chi connectivity index (χ0n) is 11.6. The van der Waals surface area contributed by atoms with Crippen molar-refractivity contribution in [2.45, 2.75) is 4.90 Å². The minimum absolute atomic E-state index is 0.0658. The molecule has 0 saturated heterocycles. The number of hydrogen-bond donors (Lipinski definition) is 1. The Balaban J connectivity index is 2.12. The van der Waals surface area contributed by atoms with Crippen LogP contribution in [0.4, 0.5) is 0 Å². The van der Waals surface area contributed by atoms with Gasteiger partial charge in [-0.25, -0.2) is 13.6 Å². The number of nitrogens with zero attached hydrogens (tertiary/aromatic N) is 1. The highest BCUT2D eigenvalue weighted by molar-refractivity contribution is 7.89. The largest absolute Gasteiger partial charge is 0.292 e. The molecule has 2 aromatic carbocycles. The molecule has 0 saturated carbocycles. The van der Waals surface area contributed by atoms with E-state index in [1.807, 2.05) is 34.2 Å². The van der Waals surface area contributed by atoms with Crippen molar-refractivity contribution in [2.24, 2.45) is 5.14 Å². The lowest BCUT2D eigenvalue weighted by atomic mass is 10.1. The van der Waals surface area contributed by atoms with Gasteiger partial charge in [0.25, 0.3) is 0 Å². The van der Waals surface area contributed by atoms with E-state index in [1.54, 1.807) is 12.1 Å². The molecule has 3 rings (SSSR count). The van der Waals surface area contributed by atoms with Crippen molar-refractivity contribution >= 4 is 45.2 Å². The van der Waals surface area contributed by atoms with Gasteiger partial charge < -0.3 is 0 Å². The van der Waals surface area contributed by atoms with E-state index in [1.165, 1.54) is 23.5 Å². The Bertz CT molecular complexity index is 1000. The number of hydrogen-bond acceptors (Lipinski definition) is 4. The molecule has 0 aliphatic carbocycles. The summed E-state index contributed by atoms with van der Waals surface area (Å²) >= 11 is 12.8. The van der Waals surface area contributed by atoms with Crippen LogP contribution in [0.1, 0.15) is 0 Å². The number of rotatable bonds is 3. The number of primary sulfonamides is 1. The second-order valence-corrected chi connectivity index (χ2v) is 8.27. The molecule has 8 heteroatoms. The second kappa shape index (κ2) is 6.18. The Morgan fingerprint density at radius 3 is 2.22 bits per heavy atom. The molecule has 0 aliphatic rings. The average Bonchev–Trinajstić information content (AvgIpc) is 2.89. The van der Waals surface area contributed by atoms with Crippen molar-refractivity contribution in [2.75, 3.05) is 0 Å². The molecule has 2 N–H and O–H groups in total. The highest BCUT2D eigenvalue weighted by Gasteiger charge is 2.11. The summed E-state index contributed by atoms with van der Waals surface area (Å²) in [4.78, 5) is 0.0658. The van der Waals surface area contributed by atoms with Gasteiger partial charge in [-0.1, -0.05) is 23.7 Å². The predicted molar refractivity (Wildman–Crippen MR) is 96.3 cm³/mol. The molecule has 0 radical (unpaired) electrons. The Hall–Kier alpha value is -1.51. The van der Waals surface area contributed by atoms with E-state index in [-0.39, 0.29) is 4.90 Å². The van der Waals surface area contributed by atoms with Crippen molar-refractivity contribution in [3.63, 3.8) is 0 Å². The van der Waals surface area contributed by atoms with Crippen LogP contribution in [0.5, 0.6) is 0 Å². The van der Waals surface area contributed by atoms with Crippen LogP contribution in [0, 0.1) is 3.95 Å². The number of thiazole rings is 1. The highest BCUT2D eigenvalue weighted by Crippen LogP contribution is 2.28. The fourth-order valence-corrected chi connectivity index (χ4v) is 3.91. The van der Waals surface area contributed by atoms with Crippen LogP contribution < -0.4 is 5.14 Å². The molecule has 0 spiro atoms. The lowest BCUT2D eigenvalue weighted by Crippen LogP contribution is -2.12. The van der Waals surface area contributed by atoms with Gasteiger partial charge in [0, 0.05) is 16.1 Å². The quantitative estimate of drug-likeness (QED) is 0.689. The van der Waals surface area contributed by atoms with E-state index < -0.39 is 10.0 Å². The molecule has 4 nitrogen and oxygen atoms in total. The van der Waals surface area contributed by atoms with Crippen LogP contribution in [-0.4, -0.2) is 13.0 Å². The molecular weight excluding hydrogens is 372 g/mol. The van der Waals surface area contributed by atoms with Crippen molar-refractivity contribution in [3.05, 3.63) is 62.9 Å². The summed E-state index contributed by atoms with van der Waals surface area (Å²) in [7, 11) is -3.71. The standard InChI is InChI=1S/C15H11ClN2O2S3/c16-11-3-1-10(2-4-11)14-9-22-15(21)18(14)12-5-7-13(8-6-12)23(17,19)20/h1-9H,(H2,17,19,20). The van der Waals surface area contributed by atoms with Crippen LogP contribution in [0.15, 0.2) is 58.8 Å². The third-order valence-corrected chi connectivity index (χ3v) is 5.64. The average molecular weight is 383 g/mol. The van der Waals surface area contributed by atoms with Crippen molar-refractivity contribution < 1.29 is 8.42 Å². The molecule has 1 aromatic heterocycles. The van der Waals surface area contributed by atoms with Gasteiger partial charge in [-0.05, 0) is 54.2 Å². The van der Waals surface area contributed by atoms with E-state index in [9.17, 15) is 8.42 Å². The lowest BCUT2D eigenvalue weighted by Gasteiger charge is -2.09. The molecule has 0 amide bonds. The first kappa shape index (κ1) is 16.4. The van der Waals surface area contributed by atoms with Gasteiger partial charge in [-0.2, -0.15) is 0 Å². The van der Waals surface area contributed by atoms with Gasteiger partial charge in [0.1, 0.15) is 0 Å². The summed E-state index contributed by atoms with van der Waals surface area (Å²) in [6.45, 7) is 0. The number of benzene rings is 2. The Kier molecular flexibility index (Phi) is 4.39. The van der Waals surface area contributed by atoms with Gasteiger partial charge in [-0.3, -0.25) is 4.57 Å². The van der Waals surface area contributed by atoms with Gasteiger partial charge >= 0.3 is 0 Å². The summed E-state index contributed by atoms with van der Waals surface area (Å²) in [5.74, 6) is 0. The minimum atomic E-state index is -3.71. The molecule has 0 fully saturated rings. The lowest BCUT2D eigenvalue weighted by molar-refractivity contribution is 0.598. The maximum absolute atomic E-state index is 11.4. The van der Waals surface area contributed by atoms with Gasteiger partial charge in [0.05, 0.1) is 10.6 Å². The second-order valence-electron chi connectivity index (χ2n) is 4.77. The Labute approximate surface area is 147 Å². The van der Waals surface area contributed by atoms with Crippen LogP contribution >= 0.6 is 35.2 Å². The van der Waals surface area contributed by atoms with Gasteiger partial charge in [-0.15, -0.1) is 11.3 Å². The van der Waals surface area contributed by atoms with Crippen molar-refractivity contribution in [3.8, 4) is 16.9 Å². The molecular formula is C15H11ClN2O2S3. The number of halogens is 1. The first-order chi connectivity index (χ1) is 10.9. The monoisotopic (exact) mass is 382 g/mol. The minimum Gasteiger partial charge on any atom is -0.292 e. The summed E-state index contributed by atoms with van der Waals surface area (Å²) in [6, 6.07) is 13.7. The van der Waals surface area contributed by atoms with Crippen LogP contribution in [0.2, 0.25) is 5.02 Å². The number of aromatic nitrogens is 1. The van der Waals surface area contributed by atoms with E-state index in [0.29, 0.717) is 8.98 Å². The molecule has 0 unspecified atom stereocenters. The third kappa shape index (κ3) is 3.39. The van der Waals surface area contributed by atoms with E-state index in [0.717, 1.165) is 16.9 Å². The third-order valence-electron chi connectivity index (χ3n) is 3.26. The zero-order chi connectivity index (χ0) is 16.6. The van der Waals surface area contributed by atoms with E-state index in [4.69, 9.17) is 29.0 Å². The fraction of sp³-hybridized carbons (Fsp3) is 0. The number of nitrogens with two attached hydrogens (primary N) is 1. The normalized spacial score (nSPS) is 11.6. The smallest absolute Gasteiger partial charge is 0.238 e. The molecule has 3 aromatic rings. The molecule has 118 valence electrons. The Morgan fingerprint density at radius 2 is 1.65 bits per heavy atom. The maximum Gasteiger partial charge on any atom is 0.238 e. The SMILES string of the molecule is NS(=O)(=O)c1ccc(-n2c(-c3ccc(Cl)cc3)csc2=S)cc1. The van der Waals surface area contributed by atoms with E-state index in [2.05, 4.69) is 0 Å².